The molecule has 1 aromatic carbocycles. The van der Waals surface area contributed by atoms with E-state index >= 15 is 0 Å². The number of benzene rings is 1. The van der Waals surface area contributed by atoms with E-state index in [0.717, 1.165) is 15.6 Å². The minimum absolute atomic E-state index is 0.171. The molecule has 6 nitrogen and oxygen atoms in total. The van der Waals surface area contributed by atoms with Crippen LogP contribution in [0.25, 0.3) is 0 Å². The Kier molecular flexibility index (Phi) is 4.60. The van der Waals surface area contributed by atoms with E-state index in [1.54, 1.807) is 0 Å². The van der Waals surface area contributed by atoms with E-state index in [0.29, 0.717) is 16.4 Å². The van der Waals surface area contributed by atoms with Crippen molar-refractivity contribution < 1.29 is 19.2 Å². The third-order valence-electron chi connectivity index (χ3n) is 5.11. The third kappa shape index (κ3) is 2.61. The highest BCUT2D eigenvalue weighted by Crippen LogP contribution is 2.52. The van der Waals surface area contributed by atoms with Crippen LogP contribution in [0.5, 0.6) is 0 Å². The molecule has 4 amide bonds. The van der Waals surface area contributed by atoms with E-state index in [1.165, 1.54) is 13.8 Å². The van der Waals surface area contributed by atoms with Gasteiger partial charge in [-0.15, -0.1) is 0 Å². The van der Waals surface area contributed by atoms with Gasteiger partial charge in [-0.05, 0) is 37.5 Å². The highest BCUT2D eigenvalue weighted by molar-refractivity contribution is 9.10. The van der Waals surface area contributed by atoms with E-state index in [-0.39, 0.29) is 6.42 Å². The molecule has 1 aliphatic carbocycles. The molecule has 1 atom stereocenters. The monoisotopic (exact) mass is 418 g/mol. The van der Waals surface area contributed by atoms with Gasteiger partial charge >= 0.3 is 0 Å². The van der Waals surface area contributed by atoms with Gasteiger partial charge in [-0.25, -0.2) is 0 Å². The zero-order valence-corrected chi connectivity index (χ0v) is 16.4. The Morgan fingerprint density at radius 2 is 1.54 bits per heavy atom. The zero-order chi connectivity index (χ0) is 19.2. The maximum Gasteiger partial charge on any atom is 0.265 e. The molecule has 3 rings (SSSR count). The number of carbonyl (C=O) groups is 4. The van der Waals surface area contributed by atoms with E-state index in [1.807, 2.05) is 37.3 Å². The van der Waals surface area contributed by atoms with Crippen LogP contribution in [-0.4, -0.2) is 33.6 Å². The van der Waals surface area contributed by atoms with Gasteiger partial charge in [-0.1, -0.05) is 39.7 Å². The van der Waals surface area contributed by atoms with Crippen molar-refractivity contribution >= 4 is 39.6 Å². The number of hydrogen-bond acceptors (Lipinski definition) is 4. The third-order valence-corrected chi connectivity index (χ3v) is 5.64. The molecule has 7 heteroatoms. The Morgan fingerprint density at radius 1 is 1.04 bits per heavy atom. The zero-order valence-electron chi connectivity index (χ0n) is 14.8. The molecule has 0 N–H and O–H groups in total. The molecule has 1 aliphatic heterocycles. The quantitative estimate of drug-likeness (QED) is 0.518. The predicted molar refractivity (Wildman–Crippen MR) is 97.4 cm³/mol. The van der Waals surface area contributed by atoms with Gasteiger partial charge in [-0.3, -0.25) is 19.2 Å². The Labute approximate surface area is 159 Å². The van der Waals surface area contributed by atoms with Crippen molar-refractivity contribution in [1.82, 2.24) is 10.0 Å². The SMILES string of the molecule is CC(=O)N1C(=O)C2(CC=C(C)CC2c2ccc(Br)cc2)C(=O)N1C(C)=O. The van der Waals surface area contributed by atoms with Gasteiger partial charge in [-0.2, -0.15) is 10.0 Å². The lowest BCUT2D eigenvalue weighted by molar-refractivity contribution is -0.168. The van der Waals surface area contributed by atoms with Gasteiger partial charge in [0.15, 0.2) is 0 Å². The molecule has 0 saturated carbocycles. The highest BCUT2D eigenvalue weighted by atomic mass is 79.9. The van der Waals surface area contributed by atoms with Gasteiger partial charge < -0.3 is 0 Å². The minimum atomic E-state index is -1.47. The molecular formula is C19H19BrN2O4. The molecule has 1 aromatic rings. The molecule has 136 valence electrons. The average molecular weight is 419 g/mol. The average Bonchev–Trinajstić information content (AvgIpc) is 2.80. The summed E-state index contributed by atoms with van der Waals surface area (Å²) >= 11 is 3.39. The Bertz CT molecular complexity index is 812. The molecule has 0 bridgehead atoms. The van der Waals surface area contributed by atoms with E-state index in [4.69, 9.17) is 0 Å². The second-order valence-electron chi connectivity index (χ2n) is 6.81. The van der Waals surface area contributed by atoms with E-state index in [9.17, 15) is 19.2 Å². The molecule has 1 saturated heterocycles. The fourth-order valence-electron chi connectivity index (χ4n) is 3.85. The first kappa shape index (κ1) is 18.5. The molecule has 1 fully saturated rings. The molecule has 0 radical (unpaired) electrons. The standard InChI is InChI=1S/C19H19BrN2O4/c1-11-8-9-19(16(10-11)14-4-6-15(20)7-5-14)17(25)21(12(2)23)22(13(3)24)18(19)26/h4-8,16H,9-10H2,1-3H3. The first-order valence-corrected chi connectivity index (χ1v) is 9.10. The van der Waals surface area contributed by atoms with Crippen LogP contribution in [0.4, 0.5) is 0 Å². The van der Waals surface area contributed by atoms with Crippen LogP contribution in [-0.2, 0) is 19.2 Å². The van der Waals surface area contributed by atoms with Gasteiger partial charge in [0.1, 0.15) is 5.41 Å². The smallest absolute Gasteiger partial charge is 0.265 e. The summed E-state index contributed by atoms with van der Waals surface area (Å²) in [6.45, 7) is 4.31. The number of hydrogen-bond donors (Lipinski definition) is 0. The summed E-state index contributed by atoms with van der Waals surface area (Å²) in [6.07, 6.45) is 2.54. The number of amides is 4. The Hall–Kier alpha value is -2.28. The van der Waals surface area contributed by atoms with E-state index in [2.05, 4.69) is 15.9 Å². The van der Waals surface area contributed by atoms with E-state index < -0.39 is 35.0 Å². The maximum atomic E-state index is 13.3. The van der Waals surface area contributed by atoms with Gasteiger partial charge in [0.25, 0.3) is 11.8 Å². The Morgan fingerprint density at radius 3 is 2.00 bits per heavy atom. The van der Waals surface area contributed by atoms with Gasteiger partial charge in [0.05, 0.1) is 0 Å². The van der Waals surface area contributed by atoms with Crippen molar-refractivity contribution in [2.24, 2.45) is 5.41 Å². The summed E-state index contributed by atoms with van der Waals surface area (Å²) in [7, 11) is 0. The summed E-state index contributed by atoms with van der Waals surface area (Å²) in [5.74, 6) is -2.97. The first-order chi connectivity index (χ1) is 12.2. The first-order valence-electron chi connectivity index (χ1n) is 8.31. The second kappa shape index (κ2) is 6.46. The molecule has 1 unspecified atom stereocenters. The summed E-state index contributed by atoms with van der Waals surface area (Å²) in [5.41, 5.74) is 0.432. The van der Waals surface area contributed by atoms with Crippen molar-refractivity contribution in [3.8, 4) is 0 Å². The number of rotatable bonds is 1. The minimum Gasteiger partial charge on any atom is -0.273 e. The van der Waals surface area contributed by atoms with Crippen LogP contribution in [0, 0.1) is 5.41 Å². The molecule has 2 aliphatic rings. The number of carbonyl (C=O) groups excluding carboxylic acids is 4. The Balaban J connectivity index is 2.19. The molecule has 26 heavy (non-hydrogen) atoms. The van der Waals surface area contributed by atoms with Gasteiger partial charge in [0.2, 0.25) is 11.8 Å². The largest absolute Gasteiger partial charge is 0.273 e. The fourth-order valence-corrected chi connectivity index (χ4v) is 4.11. The van der Waals surface area contributed by atoms with Gasteiger partial charge in [0, 0.05) is 24.2 Å². The lowest BCUT2D eigenvalue weighted by Crippen LogP contribution is -2.46. The molecule has 0 aromatic heterocycles. The van der Waals surface area contributed by atoms with Crippen LogP contribution in [0.1, 0.15) is 45.1 Å². The molecular weight excluding hydrogens is 400 g/mol. The predicted octanol–water partition coefficient (Wildman–Crippen LogP) is 2.94. The summed E-state index contributed by atoms with van der Waals surface area (Å²) in [5, 5.41) is 1.40. The number of imide groups is 2. The summed E-state index contributed by atoms with van der Waals surface area (Å²) in [4.78, 5) is 50.6. The molecule has 1 heterocycles. The second-order valence-corrected chi connectivity index (χ2v) is 7.72. The van der Waals surface area contributed by atoms with Crippen LogP contribution >= 0.6 is 15.9 Å². The number of halogens is 1. The van der Waals surface area contributed by atoms with Crippen molar-refractivity contribution in [3.05, 3.63) is 46.0 Å². The molecule has 1 spiro atoms. The number of allylic oxidation sites excluding steroid dienone is 2. The number of hydrazine groups is 1. The summed E-state index contributed by atoms with van der Waals surface area (Å²) in [6, 6.07) is 7.44. The van der Waals surface area contributed by atoms with Crippen LogP contribution in [0.3, 0.4) is 0 Å². The topological polar surface area (TPSA) is 74.8 Å². The van der Waals surface area contributed by atoms with Crippen molar-refractivity contribution in [2.75, 3.05) is 0 Å². The number of nitrogens with zero attached hydrogens (tertiary/aromatic N) is 2. The lowest BCUT2D eigenvalue weighted by atomic mass is 9.64. The maximum absolute atomic E-state index is 13.3. The fraction of sp³-hybridized carbons (Fsp3) is 0.368. The van der Waals surface area contributed by atoms with Crippen molar-refractivity contribution in [3.63, 3.8) is 0 Å². The normalized spacial score (nSPS) is 22.0. The highest BCUT2D eigenvalue weighted by Gasteiger charge is 2.64. The van der Waals surface area contributed by atoms with Crippen molar-refractivity contribution in [2.45, 2.75) is 39.5 Å². The van der Waals surface area contributed by atoms with Crippen LogP contribution in [0.15, 0.2) is 40.4 Å². The summed E-state index contributed by atoms with van der Waals surface area (Å²) < 4.78 is 0.887. The van der Waals surface area contributed by atoms with Crippen LogP contribution in [0.2, 0.25) is 0 Å². The van der Waals surface area contributed by atoms with Crippen molar-refractivity contribution in [1.29, 1.82) is 0 Å². The van der Waals surface area contributed by atoms with Crippen LogP contribution < -0.4 is 0 Å². The lowest BCUT2D eigenvalue weighted by Gasteiger charge is -2.36.